The maximum absolute atomic E-state index is 3.15. The molecule has 4 heteroatoms. The third-order valence-electron chi connectivity index (χ3n) is 0.845. The van der Waals surface area contributed by atoms with E-state index in [0.29, 0.717) is 5.50 Å². The second kappa shape index (κ2) is 2.52. The fourth-order valence-electron chi connectivity index (χ4n) is 0.481. The van der Waals surface area contributed by atoms with Crippen molar-refractivity contribution in [3.05, 3.63) is 0 Å². The number of nitrogens with one attached hydrogen (secondary N) is 3. The highest BCUT2D eigenvalue weighted by Crippen LogP contribution is 1.97. The van der Waals surface area contributed by atoms with Gasteiger partial charge in [-0.2, -0.15) is 0 Å². The summed E-state index contributed by atoms with van der Waals surface area (Å²) < 4.78 is 0. The largest absolute Gasteiger partial charge is 0.279 e. The Morgan fingerprint density at radius 3 is 2.86 bits per heavy atom. The van der Waals surface area contributed by atoms with Crippen molar-refractivity contribution in [3.63, 3.8) is 0 Å². The van der Waals surface area contributed by atoms with Crippen LogP contribution in [0.3, 0.4) is 0 Å². The third kappa shape index (κ3) is 1.31. The molecule has 0 amide bonds. The van der Waals surface area contributed by atoms with Crippen LogP contribution >= 0.6 is 11.8 Å². The van der Waals surface area contributed by atoms with E-state index in [2.05, 4.69) is 22.4 Å². The maximum atomic E-state index is 3.15. The molecule has 42 valence electrons. The molecular weight excluding hydrogens is 110 g/mol. The van der Waals surface area contributed by atoms with Crippen molar-refractivity contribution in [1.82, 2.24) is 16.2 Å². The zero-order valence-corrected chi connectivity index (χ0v) is 5.01. The van der Waals surface area contributed by atoms with E-state index >= 15 is 0 Å². The highest BCUT2D eigenvalue weighted by atomic mass is 32.2. The molecule has 0 aromatic rings. The standard InChI is InChI=1S/C3H9N3S/c1-7-3-4-2-5-6-3/h3-6H,2H2,1H3. The summed E-state index contributed by atoms with van der Waals surface area (Å²) >= 11 is 1.75. The minimum atomic E-state index is 0.403. The van der Waals surface area contributed by atoms with Crippen LogP contribution in [0.2, 0.25) is 0 Å². The van der Waals surface area contributed by atoms with Gasteiger partial charge in [0.1, 0.15) is 5.50 Å². The first-order valence-electron chi connectivity index (χ1n) is 2.18. The zero-order chi connectivity index (χ0) is 5.11. The smallest absolute Gasteiger partial charge is 0.119 e. The molecule has 0 radical (unpaired) electrons. The molecule has 1 saturated heterocycles. The molecule has 1 aliphatic rings. The summed E-state index contributed by atoms with van der Waals surface area (Å²) in [5.74, 6) is 0. The molecule has 0 aromatic heterocycles. The molecule has 0 saturated carbocycles. The van der Waals surface area contributed by atoms with Gasteiger partial charge in [-0.25, -0.2) is 10.9 Å². The van der Waals surface area contributed by atoms with E-state index in [4.69, 9.17) is 0 Å². The van der Waals surface area contributed by atoms with Crippen LogP contribution in [0.15, 0.2) is 0 Å². The predicted octanol–water partition coefficient (Wildman–Crippen LogP) is -0.712. The van der Waals surface area contributed by atoms with Crippen LogP contribution in [0.5, 0.6) is 0 Å². The quantitative estimate of drug-likeness (QED) is 0.426. The monoisotopic (exact) mass is 119 g/mol. The molecule has 1 heterocycles. The predicted molar refractivity (Wildman–Crippen MR) is 31.6 cm³/mol. The Kier molecular flexibility index (Phi) is 1.93. The molecule has 0 bridgehead atoms. The van der Waals surface area contributed by atoms with Gasteiger partial charge in [-0.05, 0) is 6.26 Å². The van der Waals surface area contributed by atoms with Crippen molar-refractivity contribution in [2.45, 2.75) is 5.50 Å². The summed E-state index contributed by atoms with van der Waals surface area (Å²) in [5.41, 5.74) is 6.35. The SMILES string of the molecule is CSC1NCNN1. The van der Waals surface area contributed by atoms with Crippen molar-refractivity contribution < 1.29 is 0 Å². The fraction of sp³-hybridized carbons (Fsp3) is 1.00. The highest BCUT2D eigenvalue weighted by molar-refractivity contribution is 7.99. The average molecular weight is 119 g/mol. The van der Waals surface area contributed by atoms with Crippen LogP contribution in [0.4, 0.5) is 0 Å². The summed E-state index contributed by atoms with van der Waals surface area (Å²) in [4.78, 5) is 0. The number of rotatable bonds is 1. The number of thioether (sulfide) groups is 1. The Morgan fingerprint density at radius 1 is 1.71 bits per heavy atom. The van der Waals surface area contributed by atoms with Gasteiger partial charge in [-0.15, -0.1) is 11.8 Å². The lowest BCUT2D eigenvalue weighted by Gasteiger charge is -2.01. The topological polar surface area (TPSA) is 36.1 Å². The van der Waals surface area contributed by atoms with Crippen LogP contribution < -0.4 is 16.2 Å². The molecular formula is C3H9N3S. The van der Waals surface area contributed by atoms with Crippen LogP contribution in [0.25, 0.3) is 0 Å². The van der Waals surface area contributed by atoms with Gasteiger partial charge < -0.3 is 0 Å². The van der Waals surface area contributed by atoms with E-state index in [0.717, 1.165) is 6.67 Å². The summed E-state index contributed by atoms with van der Waals surface area (Å²) in [6, 6.07) is 0. The van der Waals surface area contributed by atoms with E-state index in [9.17, 15) is 0 Å². The lowest BCUT2D eigenvalue weighted by molar-refractivity contribution is 0.666. The lowest BCUT2D eigenvalue weighted by Crippen LogP contribution is -2.29. The molecule has 1 atom stereocenters. The van der Waals surface area contributed by atoms with E-state index in [1.54, 1.807) is 11.8 Å². The lowest BCUT2D eigenvalue weighted by atomic mass is 11.1. The Hall–Kier alpha value is 0.230. The second-order valence-electron chi connectivity index (χ2n) is 1.32. The Labute approximate surface area is 47.2 Å². The molecule has 0 spiro atoms. The molecule has 7 heavy (non-hydrogen) atoms. The van der Waals surface area contributed by atoms with Gasteiger partial charge in [0.15, 0.2) is 0 Å². The van der Waals surface area contributed by atoms with Gasteiger partial charge in [0.05, 0.1) is 6.67 Å². The first-order chi connectivity index (χ1) is 3.43. The van der Waals surface area contributed by atoms with Gasteiger partial charge in [0.25, 0.3) is 0 Å². The summed E-state index contributed by atoms with van der Waals surface area (Å²) in [6.07, 6.45) is 2.05. The fourth-order valence-corrected chi connectivity index (χ4v) is 0.932. The van der Waals surface area contributed by atoms with Crippen LogP contribution in [0, 0.1) is 0 Å². The van der Waals surface area contributed by atoms with Gasteiger partial charge >= 0.3 is 0 Å². The van der Waals surface area contributed by atoms with Crippen LogP contribution in [-0.2, 0) is 0 Å². The summed E-state index contributed by atoms with van der Waals surface area (Å²) in [5, 5.41) is 3.15. The van der Waals surface area contributed by atoms with Gasteiger partial charge in [-0.1, -0.05) is 0 Å². The molecule has 1 unspecified atom stereocenters. The molecule has 1 rings (SSSR count). The van der Waals surface area contributed by atoms with Crippen molar-refractivity contribution in [2.24, 2.45) is 0 Å². The number of hydrazine groups is 1. The van der Waals surface area contributed by atoms with Crippen LogP contribution in [-0.4, -0.2) is 18.4 Å². The highest BCUT2D eigenvalue weighted by Gasteiger charge is 2.07. The van der Waals surface area contributed by atoms with Gasteiger partial charge in [0, 0.05) is 0 Å². The van der Waals surface area contributed by atoms with Crippen molar-refractivity contribution >= 4 is 11.8 Å². The first kappa shape index (κ1) is 5.37. The average Bonchev–Trinajstić information content (AvgIpc) is 2.14. The molecule has 0 aromatic carbocycles. The van der Waals surface area contributed by atoms with E-state index < -0.39 is 0 Å². The Morgan fingerprint density at radius 2 is 2.57 bits per heavy atom. The summed E-state index contributed by atoms with van der Waals surface area (Å²) in [6.45, 7) is 0.867. The van der Waals surface area contributed by atoms with Gasteiger partial charge in [-0.3, -0.25) is 5.32 Å². The molecule has 3 N–H and O–H groups in total. The normalized spacial score (nSPS) is 31.3. The third-order valence-corrected chi connectivity index (χ3v) is 1.60. The number of hydrogen-bond acceptors (Lipinski definition) is 4. The molecule has 0 aliphatic carbocycles. The molecule has 1 fully saturated rings. The van der Waals surface area contributed by atoms with Crippen molar-refractivity contribution in [3.8, 4) is 0 Å². The number of hydrogen-bond donors (Lipinski definition) is 3. The summed E-state index contributed by atoms with van der Waals surface area (Å²) in [7, 11) is 0. The van der Waals surface area contributed by atoms with Crippen molar-refractivity contribution in [2.75, 3.05) is 12.9 Å². The zero-order valence-electron chi connectivity index (χ0n) is 4.19. The van der Waals surface area contributed by atoms with Crippen molar-refractivity contribution in [1.29, 1.82) is 0 Å². The molecule has 3 nitrogen and oxygen atoms in total. The van der Waals surface area contributed by atoms with E-state index in [-0.39, 0.29) is 0 Å². The maximum Gasteiger partial charge on any atom is 0.119 e. The van der Waals surface area contributed by atoms with E-state index in [1.807, 2.05) is 0 Å². The minimum absolute atomic E-state index is 0.403. The van der Waals surface area contributed by atoms with E-state index in [1.165, 1.54) is 0 Å². The Balaban J connectivity index is 2.14. The second-order valence-corrected chi connectivity index (χ2v) is 2.26. The first-order valence-corrected chi connectivity index (χ1v) is 3.47. The van der Waals surface area contributed by atoms with Crippen LogP contribution in [0.1, 0.15) is 0 Å². The Bertz CT molecular complexity index is 52.1. The van der Waals surface area contributed by atoms with Gasteiger partial charge in [0.2, 0.25) is 0 Å². The molecule has 1 aliphatic heterocycles. The minimum Gasteiger partial charge on any atom is -0.279 e.